The molecule has 3 aromatic rings. The summed E-state index contributed by atoms with van der Waals surface area (Å²) in [6.45, 7) is 6.91. The minimum Gasteiger partial charge on any atom is -0.478 e. The number of fused-ring (bicyclic) bond motifs is 4. The summed E-state index contributed by atoms with van der Waals surface area (Å²) in [5.74, 6) is 0.982. The number of alkyl halides is 3. The SMILES string of the molecule is CC.O=C(Nc1cccc(OCCCOC2CCCCO2)n1)N1c2nc(-c3cccc(C(F)(F)F)c3)c(Cl)cc2N2CCC1C2. The number of halogens is 4. The fourth-order valence-corrected chi connectivity index (χ4v) is 5.81. The highest BCUT2D eigenvalue weighted by Gasteiger charge is 2.41. The maximum absolute atomic E-state index is 13.7. The van der Waals surface area contributed by atoms with Crippen LogP contribution < -0.4 is 19.9 Å². The zero-order valence-electron chi connectivity index (χ0n) is 25.3. The first kappa shape index (κ1) is 32.8. The van der Waals surface area contributed by atoms with E-state index in [1.54, 1.807) is 29.2 Å². The fraction of sp³-hybridized carbons (Fsp3) is 0.469. The van der Waals surface area contributed by atoms with E-state index in [2.05, 4.69) is 20.2 Å². The average molecular weight is 648 g/mol. The molecule has 2 bridgehead atoms. The van der Waals surface area contributed by atoms with E-state index in [-0.39, 0.29) is 28.6 Å². The third kappa shape index (κ3) is 7.79. The molecule has 9 nitrogen and oxygen atoms in total. The number of amides is 2. The summed E-state index contributed by atoms with van der Waals surface area (Å²) in [5, 5.41) is 3.04. The van der Waals surface area contributed by atoms with Gasteiger partial charge in [0, 0.05) is 37.7 Å². The number of carbonyl (C=O) groups is 1. The molecule has 2 saturated heterocycles. The second-order valence-corrected chi connectivity index (χ2v) is 11.1. The van der Waals surface area contributed by atoms with Crippen LogP contribution in [0.4, 0.5) is 35.3 Å². The molecule has 13 heteroatoms. The second-order valence-electron chi connectivity index (χ2n) is 10.7. The molecular formula is C32H37ClF3N5O4. The van der Waals surface area contributed by atoms with E-state index in [9.17, 15) is 18.0 Å². The van der Waals surface area contributed by atoms with Crippen LogP contribution in [-0.2, 0) is 15.7 Å². The molecule has 2 aromatic heterocycles. The Labute approximate surface area is 265 Å². The van der Waals surface area contributed by atoms with Gasteiger partial charge in [-0.05, 0) is 49.9 Å². The molecule has 3 aliphatic heterocycles. The lowest BCUT2D eigenvalue weighted by Gasteiger charge is -2.36. The number of anilines is 3. The van der Waals surface area contributed by atoms with Gasteiger partial charge in [-0.3, -0.25) is 10.2 Å². The van der Waals surface area contributed by atoms with Crippen LogP contribution in [0.5, 0.6) is 5.88 Å². The van der Waals surface area contributed by atoms with Gasteiger partial charge in [0.15, 0.2) is 12.1 Å². The molecule has 1 aromatic carbocycles. The minimum atomic E-state index is -4.52. The molecule has 45 heavy (non-hydrogen) atoms. The molecule has 0 aliphatic carbocycles. The van der Waals surface area contributed by atoms with Crippen molar-refractivity contribution in [3.63, 3.8) is 0 Å². The Morgan fingerprint density at radius 1 is 1.09 bits per heavy atom. The van der Waals surface area contributed by atoms with Crippen molar-refractivity contribution >= 4 is 35.0 Å². The number of urea groups is 1. The summed E-state index contributed by atoms with van der Waals surface area (Å²) in [4.78, 5) is 26.4. The lowest BCUT2D eigenvalue weighted by Crippen LogP contribution is -2.48. The van der Waals surface area contributed by atoms with Crippen LogP contribution in [0.1, 0.15) is 51.5 Å². The Hall–Kier alpha value is -3.61. The molecule has 2 atom stereocenters. The van der Waals surface area contributed by atoms with Gasteiger partial charge in [0.25, 0.3) is 0 Å². The fourth-order valence-electron chi connectivity index (χ4n) is 5.56. The number of carbonyl (C=O) groups excluding carboxylic acids is 1. The van der Waals surface area contributed by atoms with Gasteiger partial charge in [-0.15, -0.1) is 0 Å². The summed E-state index contributed by atoms with van der Waals surface area (Å²) in [6, 6.07) is 11.0. The highest BCUT2D eigenvalue weighted by Crippen LogP contribution is 2.43. The van der Waals surface area contributed by atoms with E-state index in [1.165, 1.54) is 12.1 Å². The Morgan fingerprint density at radius 2 is 1.91 bits per heavy atom. The topological polar surface area (TPSA) is 89.0 Å². The van der Waals surface area contributed by atoms with Gasteiger partial charge in [0.2, 0.25) is 5.88 Å². The molecular weight excluding hydrogens is 611 g/mol. The number of hydrogen-bond acceptors (Lipinski definition) is 7. The van der Waals surface area contributed by atoms with Crippen LogP contribution in [0.3, 0.4) is 0 Å². The lowest BCUT2D eigenvalue weighted by molar-refractivity contribution is -0.163. The van der Waals surface area contributed by atoms with Crippen molar-refractivity contribution in [3.05, 3.63) is 59.1 Å². The Bertz CT molecular complexity index is 1470. The summed E-state index contributed by atoms with van der Waals surface area (Å²) in [5.41, 5.74) is 0.215. The van der Waals surface area contributed by atoms with Crippen LogP contribution >= 0.6 is 11.6 Å². The summed E-state index contributed by atoms with van der Waals surface area (Å²) >= 11 is 6.55. The zero-order valence-corrected chi connectivity index (χ0v) is 26.0. The number of nitrogens with zero attached hydrogens (tertiary/aromatic N) is 4. The number of pyridine rings is 2. The first-order chi connectivity index (χ1) is 21.8. The first-order valence-electron chi connectivity index (χ1n) is 15.3. The average Bonchev–Trinajstić information content (AvgIpc) is 3.47. The molecule has 2 fully saturated rings. The van der Waals surface area contributed by atoms with Gasteiger partial charge in [-0.1, -0.05) is 43.6 Å². The standard InChI is InChI=1S/C30H31ClF3N5O4.C2H6/c31-22-17-23-28(37-27(22)19-6-3-7-20(16-19)30(32,33)34)39(21-11-12-38(23)18-21)29(40)36-24-8-4-9-25(35-24)41-14-5-15-43-26-10-1-2-13-42-26;1-2/h3-4,6-9,16-17,21,26H,1-2,5,10-15,18H2,(H,35,36,40);1-2H3. The van der Waals surface area contributed by atoms with E-state index in [4.69, 9.17) is 25.8 Å². The lowest BCUT2D eigenvalue weighted by atomic mass is 10.1. The molecule has 1 N–H and O–H groups in total. The van der Waals surface area contributed by atoms with E-state index in [1.807, 2.05) is 13.8 Å². The highest BCUT2D eigenvalue weighted by atomic mass is 35.5. The van der Waals surface area contributed by atoms with Gasteiger partial charge in [-0.25, -0.2) is 9.78 Å². The maximum atomic E-state index is 13.7. The molecule has 5 heterocycles. The third-order valence-electron chi connectivity index (χ3n) is 7.65. The smallest absolute Gasteiger partial charge is 0.416 e. The molecule has 2 unspecified atom stereocenters. The number of aromatic nitrogens is 2. The van der Waals surface area contributed by atoms with Crippen LogP contribution in [-0.4, -0.2) is 61.2 Å². The Balaban J connectivity index is 0.00000196. The molecule has 3 aliphatic rings. The minimum absolute atomic E-state index is 0.149. The molecule has 2 amide bonds. The predicted molar refractivity (Wildman–Crippen MR) is 167 cm³/mol. The quantitative estimate of drug-likeness (QED) is 0.250. The Morgan fingerprint density at radius 3 is 2.69 bits per heavy atom. The third-order valence-corrected chi connectivity index (χ3v) is 7.94. The first-order valence-corrected chi connectivity index (χ1v) is 15.7. The predicted octanol–water partition coefficient (Wildman–Crippen LogP) is 7.78. The van der Waals surface area contributed by atoms with Crippen molar-refractivity contribution in [1.29, 1.82) is 0 Å². The van der Waals surface area contributed by atoms with Crippen molar-refractivity contribution < 1.29 is 32.2 Å². The maximum Gasteiger partial charge on any atom is 0.416 e. The number of benzene rings is 1. The van der Waals surface area contributed by atoms with Crippen molar-refractivity contribution in [1.82, 2.24) is 9.97 Å². The summed E-state index contributed by atoms with van der Waals surface area (Å²) in [7, 11) is 0. The molecule has 0 radical (unpaired) electrons. The molecule has 0 spiro atoms. The van der Waals surface area contributed by atoms with Crippen molar-refractivity contribution in [2.45, 2.75) is 64.5 Å². The van der Waals surface area contributed by atoms with Gasteiger partial charge < -0.3 is 19.1 Å². The molecule has 6 rings (SSSR count). The number of nitrogens with one attached hydrogen (secondary N) is 1. The van der Waals surface area contributed by atoms with E-state index >= 15 is 0 Å². The van der Waals surface area contributed by atoms with E-state index in [0.717, 1.165) is 38.0 Å². The van der Waals surface area contributed by atoms with Crippen molar-refractivity contribution in [3.8, 4) is 17.1 Å². The normalized spacial score (nSPS) is 19.0. The van der Waals surface area contributed by atoms with Gasteiger partial charge >= 0.3 is 12.2 Å². The molecule has 0 saturated carbocycles. The Kier molecular flexibility index (Phi) is 10.7. The van der Waals surface area contributed by atoms with Gasteiger partial charge in [-0.2, -0.15) is 18.2 Å². The molecule has 242 valence electrons. The van der Waals surface area contributed by atoms with Crippen molar-refractivity contribution in [2.24, 2.45) is 0 Å². The monoisotopic (exact) mass is 647 g/mol. The number of hydrogen-bond donors (Lipinski definition) is 1. The highest BCUT2D eigenvalue weighted by molar-refractivity contribution is 6.33. The van der Waals surface area contributed by atoms with Crippen LogP contribution in [0.15, 0.2) is 48.5 Å². The van der Waals surface area contributed by atoms with Gasteiger partial charge in [0.05, 0.1) is 41.2 Å². The van der Waals surface area contributed by atoms with Gasteiger partial charge in [0.1, 0.15) is 5.82 Å². The summed E-state index contributed by atoms with van der Waals surface area (Å²) in [6.07, 6.45) is -0.239. The second kappa shape index (κ2) is 14.7. The largest absolute Gasteiger partial charge is 0.478 e. The van der Waals surface area contributed by atoms with E-state index < -0.39 is 17.8 Å². The van der Waals surface area contributed by atoms with E-state index in [0.29, 0.717) is 62.3 Å². The number of ether oxygens (including phenoxy) is 3. The van der Waals surface area contributed by atoms with Crippen LogP contribution in [0, 0.1) is 0 Å². The van der Waals surface area contributed by atoms with Crippen LogP contribution in [0.2, 0.25) is 5.02 Å². The zero-order chi connectivity index (χ0) is 32.0. The number of rotatable bonds is 8. The summed E-state index contributed by atoms with van der Waals surface area (Å²) < 4.78 is 57.3. The van der Waals surface area contributed by atoms with Crippen molar-refractivity contribution in [2.75, 3.05) is 48.0 Å². The van der Waals surface area contributed by atoms with Crippen LogP contribution in [0.25, 0.3) is 11.3 Å².